The van der Waals surface area contributed by atoms with Crippen LogP contribution in [0.1, 0.15) is 61.8 Å². The van der Waals surface area contributed by atoms with Crippen LogP contribution in [0.5, 0.6) is 23.0 Å². The van der Waals surface area contributed by atoms with E-state index >= 15 is 0 Å². The highest BCUT2D eigenvalue weighted by atomic mass is 16.5. The maximum Gasteiger partial charge on any atom is 0.220 e. The third-order valence-electron chi connectivity index (χ3n) is 7.96. The van der Waals surface area contributed by atoms with Gasteiger partial charge >= 0.3 is 0 Å². The molecule has 0 spiro atoms. The van der Waals surface area contributed by atoms with Gasteiger partial charge in [-0.15, -0.1) is 0 Å². The van der Waals surface area contributed by atoms with Crippen LogP contribution in [0.25, 0.3) is 11.1 Å². The molecule has 0 aliphatic heterocycles. The molecule has 1 aliphatic carbocycles. The van der Waals surface area contributed by atoms with Crippen molar-refractivity contribution in [2.45, 2.75) is 58.0 Å². The molecule has 10 nitrogen and oxygen atoms in total. The van der Waals surface area contributed by atoms with Crippen molar-refractivity contribution < 1.29 is 28.5 Å². The van der Waals surface area contributed by atoms with Gasteiger partial charge in [0.1, 0.15) is 5.75 Å². The van der Waals surface area contributed by atoms with E-state index in [0.29, 0.717) is 60.9 Å². The minimum atomic E-state index is -0.365. The maximum absolute atomic E-state index is 13.4. The fourth-order valence-corrected chi connectivity index (χ4v) is 5.70. The minimum Gasteiger partial charge on any atom is -0.497 e. The van der Waals surface area contributed by atoms with Crippen molar-refractivity contribution in [1.82, 2.24) is 10.6 Å². The molecule has 3 N–H and O–H groups in total. The van der Waals surface area contributed by atoms with Crippen molar-refractivity contribution in [3.63, 3.8) is 0 Å². The molecule has 10 heteroatoms. The molecule has 1 unspecified atom stereocenters. The Labute approximate surface area is 264 Å². The van der Waals surface area contributed by atoms with Gasteiger partial charge in [0.15, 0.2) is 11.5 Å². The Morgan fingerprint density at radius 3 is 2.29 bits per heavy atom. The molecular formula is C35H43N3O7. The van der Waals surface area contributed by atoms with Crippen LogP contribution < -0.4 is 40.3 Å². The Morgan fingerprint density at radius 1 is 0.867 bits per heavy atom. The molecule has 4 rings (SSSR count). The molecule has 3 aromatic carbocycles. The van der Waals surface area contributed by atoms with Crippen LogP contribution >= 0.6 is 0 Å². The third kappa shape index (κ3) is 8.26. The van der Waals surface area contributed by atoms with E-state index in [4.69, 9.17) is 18.9 Å². The van der Waals surface area contributed by atoms with E-state index in [2.05, 4.69) is 16.0 Å². The van der Waals surface area contributed by atoms with Gasteiger partial charge in [-0.2, -0.15) is 0 Å². The summed E-state index contributed by atoms with van der Waals surface area (Å²) in [6.07, 6.45) is 4.05. The number of anilines is 1. The number of carbonyl (C=O) groups is 2. The zero-order chi connectivity index (χ0) is 32.3. The van der Waals surface area contributed by atoms with Gasteiger partial charge in [0.05, 0.1) is 40.2 Å². The number of methoxy groups -OCH3 is 4. The number of aryl methyl sites for hydroxylation is 1. The standard InChI is InChI=1S/C35H43N3O7/c1-22(39)38-28-16-12-24-19-31(43-3)34(44-4)35(45-5)33(24)26-15-17-29(30(40)20-27(26)28)36-18-8-6-7-9-32(41)37-21-23-10-13-25(42-2)14-11-23/h10-11,13-15,17,19-20,28H,6-9,12,16,18,21H2,1-5H3,(H,36,40)(H,37,41)(H,38,39). The molecule has 0 fully saturated rings. The van der Waals surface area contributed by atoms with E-state index in [1.54, 1.807) is 40.6 Å². The summed E-state index contributed by atoms with van der Waals surface area (Å²) in [7, 11) is 6.33. The largest absolute Gasteiger partial charge is 0.497 e. The van der Waals surface area contributed by atoms with Crippen LogP contribution in [-0.4, -0.2) is 46.8 Å². The van der Waals surface area contributed by atoms with Gasteiger partial charge in [-0.25, -0.2) is 0 Å². The first-order valence-corrected chi connectivity index (χ1v) is 15.2. The van der Waals surface area contributed by atoms with Gasteiger partial charge in [-0.1, -0.05) is 24.6 Å². The second-order valence-electron chi connectivity index (χ2n) is 11.0. The van der Waals surface area contributed by atoms with E-state index in [1.807, 2.05) is 36.4 Å². The van der Waals surface area contributed by atoms with Crippen molar-refractivity contribution >= 4 is 17.5 Å². The summed E-state index contributed by atoms with van der Waals surface area (Å²) < 4.78 is 22.3. The van der Waals surface area contributed by atoms with Gasteiger partial charge in [-0.05, 0) is 78.3 Å². The fourth-order valence-electron chi connectivity index (χ4n) is 5.70. The van der Waals surface area contributed by atoms with Crippen LogP contribution in [-0.2, 0) is 22.6 Å². The van der Waals surface area contributed by atoms with Gasteiger partial charge in [-0.3, -0.25) is 14.4 Å². The number of carbonyl (C=O) groups excluding carboxylic acids is 2. The Balaban J connectivity index is 1.44. The van der Waals surface area contributed by atoms with Crippen molar-refractivity contribution in [3.8, 4) is 34.1 Å². The second-order valence-corrected chi connectivity index (χ2v) is 11.0. The zero-order valence-corrected chi connectivity index (χ0v) is 26.7. The highest BCUT2D eigenvalue weighted by Crippen LogP contribution is 2.50. The SMILES string of the molecule is COc1ccc(CNC(=O)CCCCCNc2ccc3c(cc2=O)C(NC(C)=O)CCc2cc(OC)c(OC)c(OC)c2-3)cc1. The van der Waals surface area contributed by atoms with Crippen LogP contribution in [0.2, 0.25) is 0 Å². The molecule has 0 saturated heterocycles. The third-order valence-corrected chi connectivity index (χ3v) is 7.96. The van der Waals surface area contributed by atoms with E-state index in [0.717, 1.165) is 47.3 Å². The van der Waals surface area contributed by atoms with Crippen LogP contribution in [0.15, 0.2) is 53.3 Å². The van der Waals surface area contributed by atoms with Crippen molar-refractivity contribution in [2.24, 2.45) is 0 Å². The molecule has 2 amide bonds. The topological polar surface area (TPSA) is 124 Å². The van der Waals surface area contributed by atoms with Gasteiger partial charge < -0.3 is 34.9 Å². The Morgan fingerprint density at radius 2 is 1.62 bits per heavy atom. The number of hydrogen-bond acceptors (Lipinski definition) is 8. The number of ether oxygens (including phenoxy) is 4. The summed E-state index contributed by atoms with van der Waals surface area (Å²) in [6.45, 7) is 2.53. The number of rotatable bonds is 14. The summed E-state index contributed by atoms with van der Waals surface area (Å²) >= 11 is 0. The summed E-state index contributed by atoms with van der Waals surface area (Å²) in [5.41, 5.74) is 4.58. The van der Waals surface area contributed by atoms with E-state index in [1.165, 1.54) is 6.92 Å². The Hall–Kier alpha value is -4.73. The monoisotopic (exact) mass is 617 g/mol. The lowest BCUT2D eigenvalue weighted by atomic mass is 9.95. The Bertz CT molecular complexity index is 1560. The van der Waals surface area contributed by atoms with E-state index < -0.39 is 0 Å². The Kier molecular flexibility index (Phi) is 11.7. The predicted octanol–water partition coefficient (Wildman–Crippen LogP) is 5.16. The van der Waals surface area contributed by atoms with E-state index in [-0.39, 0.29) is 23.3 Å². The number of benzene rings is 2. The lowest BCUT2D eigenvalue weighted by Gasteiger charge is -2.19. The first kappa shape index (κ1) is 33.2. The fraction of sp³-hybridized carbons (Fsp3) is 0.400. The summed E-state index contributed by atoms with van der Waals surface area (Å²) in [4.78, 5) is 37.9. The predicted molar refractivity (Wildman–Crippen MR) is 174 cm³/mol. The minimum absolute atomic E-state index is 0.0101. The molecule has 0 aromatic heterocycles. The average Bonchev–Trinajstić information content (AvgIpc) is 3.29. The van der Waals surface area contributed by atoms with Gasteiger partial charge in [0.2, 0.25) is 23.0 Å². The van der Waals surface area contributed by atoms with Crippen molar-refractivity contribution in [3.05, 3.63) is 75.4 Å². The highest BCUT2D eigenvalue weighted by Gasteiger charge is 2.29. The second kappa shape index (κ2) is 15.8. The maximum atomic E-state index is 13.4. The summed E-state index contributed by atoms with van der Waals surface area (Å²) in [6, 6.07) is 14.5. The number of nitrogens with one attached hydrogen (secondary N) is 3. The lowest BCUT2D eigenvalue weighted by molar-refractivity contribution is -0.121. The molecule has 1 aliphatic rings. The number of amides is 2. The first-order chi connectivity index (χ1) is 21.8. The number of fused-ring (bicyclic) bond motifs is 3. The molecule has 1 atom stereocenters. The van der Waals surface area contributed by atoms with Crippen LogP contribution in [0.4, 0.5) is 5.69 Å². The molecule has 240 valence electrons. The average molecular weight is 618 g/mol. The number of hydrogen-bond donors (Lipinski definition) is 3. The van der Waals surface area contributed by atoms with Gasteiger partial charge in [0, 0.05) is 32.0 Å². The van der Waals surface area contributed by atoms with Crippen LogP contribution in [0, 0.1) is 0 Å². The molecule has 0 heterocycles. The van der Waals surface area contributed by atoms with Gasteiger partial charge in [0.25, 0.3) is 0 Å². The first-order valence-electron chi connectivity index (χ1n) is 15.2. The molecular weight excluding hydrogens is 574 g/mol. The summed E-state index contributed by atoms with van der Waals surface area (Å²) in [5, 5.41) is 9.26. The van der Waals surface area contributed by atoms with Crippen molar-refractivity contribution in [1.29, 1.82) is 0 Å². The number of unbranched alkanes of at least 4 members (excludes halogenated alkanes) is 2. The quantitative estimate of drug-likeness (QED) is 0.212. The normalized spacial score (nSPS) is 13.4. The highest BCUT2D eigenvalue weighted by molar-refractivity contribution is 5.83. The van der Waals surface area contributed by atoms with E-state index in [9.17, 15) is 14.4 Å². The molecule has 0 bridgehead atoms. The molecule has 3 aromatic rings. The smallest absolute Gasteiger partial charge is 0.220 e. The summed E-state index contributed by atoms with van der Waals surface area (Å²) in [5.74, 6) is 2.14. The van der Waals surface area contributed by atoms with Crippen molar-refractivity contribution in [2.75, 3.05) is 40.3 Å². The molecule has 0 radical (unpaired) electrons. The lowest BCUT2D eigenvalue weighted by Crippen LogP contribution is -2.26. The zero-order valence-electron chi connectivity index (χ0n) is 26.7. The van der Waals surface area contributed by atoms with Crippen LogP contribution in [0.3, 0.4) is 0 Å². The molecule has 45 heavy (non-hydrogen) atoms. The molecule has 0 saturated carbocycles.